The SMILES string of the molecule is CCCn1c(Sc2ncc(CO)cn2)n[nH]c1=O. The van der Waals surface area contributed by atoms with E-state index in [4.69, 9.17) is 5.11 Å². The van der Waals surface area contributed by atoms with Crippen LogP contribution in [0.1, 0.15) is 18.9 Å². The molecule has 0 unspecified atom stereocenters. The molecule has 0 atom stereocenters. The van der Waals surface area contributed by atoms with E-state index in [-0.39, 0.29) is 12.3 Å². The average molecular weight is 267 g/mol. The van der Waals surface area contributed by atoms with Crippen LogP contribution < -0.4 is 5.69 Å². The molecular formula is C10H13N5O2S. The van der Waals surface area contributed by atoms with Gasteiger partial charge in [-0.2, -0.15) is 0 Å². The van der Waals surface area contributed by atoms with E-state index in [1.807, 2.05) is 6.92 Å². The van der Waals surface area contributed by atoms with Crippen molar-refractivity contribution >= 4 is 11.8 Å². The van der Waals surface area contributed by atoms with Crippen molar-refractivity contribution in [1.29, 1.82) is 0 Å². The van der Waals surface area contributed by atoms with Crippen molar-refractivity contribution in [1.82, 2.24) is 24.7 Å². The number of hydrogen-bond acceptors (Lipinski definition) is 6. The number of aliphatic hydroxyl groups excluding tert-OH is 1. The van der Waals surface area contributed by atoms with Crippen molar-refractivity contribution in [3.05, 3.63) is 28.4 Å². The monoisotopic (exact) mass is 267 g/mol. The number of rotatable bonds is 5. The van der Waals surface area contributed by atoms with Gasteiger partial charge in [-0.3, -0.25) is 4.57 Å². The zero-order valence-corrected chi connectivity index (χ0v) is 10.6. The molecule has 18 heavy (non-hydrogen) atoms. The zero-order chi connectivity index (χ0) is 13.0. The summed E-state index contributed by atoms with van der Waals surface area (Å²) in [5, 5.41) is 16.3. The molecule has 2 rings (SSSR count). The summed E-state index contributed by atoms with van der Waals surface area (Å²) in [5.41, 5.74) is 0.415. The summed E-state index contributed by atoms with van der Waals surface area (Å²) >= 11 is 1.21. The highest BCUT2D eigenvalue weighted by Gasteiger charge is 2.10. The van der Waals surface area contributed by atoms with Gasteiger partial charge in [0.05, 0.1) is 6.61 Å². The minimum absolute atomic E-state index is 0.0894. The number of aromatic nitrogens is 5. The van der Waals surface area contributed by atoms with Gasteiger partial charge in [0, 0.05) is 24.5 Å². The van der Waals surface area contributed by atoms with Crippen molar-refractivity contribution in [3.63, 3.8) is 0 Å². The van der Waals surface area contributed by atoms with E-state index >= 15 is 0 Å². The van der Waals surface area contributed by atoms with Crippen LogP contribution in [0.2, 0.25) is 0 Å². The fourth-order valence-corrected chi connectivity index (χ4v) is 2.11. The minimum atomic E-state index is -0.230. The number of nitrogens with zero attached hydrogens (tertiary/aromatic N) is 4. The summed E-state index contributed by atoms with van der Waals surface area (Å²) in [6.45, 7) is 2.50. The van der Waals surface area contributed by atoms with Crippen LogP contribution in [0.25, 0.3) is 0 Å². The van der Waals surface area contributed by atoms with Gasteiger partial charge in [-0.05, 0) is 18.2 Å². The second-order valence-electron chi connectivity index (χ2n) is 3.60. The van der Waals surface area contributed by atoms with Crippen molar-refractivity contribution in [2.75, 3.05) is 0 Å². The topological polar surface area (TPSA) is 96.7 Å². The summed E-state index contributed by atoms with van der Waals surface area (Å²) in [5.74, 6) is 0. The fourth-order valence-electron chi connectivity index (χ4n) is 1.36. The second kappa shape index (κ2) is 5.78. The van der Waals surface area contributed by atoms with Gasteiger partial charge in [0.1, 0.15) is 0 Å². The van der Waals surface area contributed by atoms with E-state index in [9.17, 15) is 4.79 Å². The molecule has 0 radical (unpaired) electrons. The van der Waals surface area contributed by atoms with Gasteiger partial charge in [-0.1, -0.05) is 6.92 Å². The molecule has 96 valence electrons. The Hall–Kier alpha value is -1.67. The van der Waals surface area contributed by atoms with E-state index in [1.165, 1.54) is 11.8 Å². The van der Waals surface area contributed by atoms with E-state index < -0.39 is 0 Å². The van der Waals surface area contributed by atoms with Crippen LogP contribution in [0.4, 0.5) is 0 Å². The van der Waals surface area contributed by atoms with E-state index in [0.29, 0.717) is 22.4 Å². The fraction of sp³-hybridized carbons (Fsp3) is 0.400. The lowest BCUT2D eigenvalue weighted by molar-refractivity contribution is 0.280. The molecule has 0 amide bonds. The zero-order valence-electron chi connectivity index (χ0n) is 9.83. The quantitative estimate of drug-likeness (QED) is 0.762. The molecule has 0 bridgehead atoms. The van der Waals surface area contributed by atoms with Gasteiger partial charge in [-0.15, -0.1) is 5.10 Å². The summed E-state index contributed by atoms with van der Waals surface area (Å²) in [6.07, 6.45) is 3.94. The second-order valence-corrected chi connectivity index (χ2v) is 4.53. The Bertz CT molecular complexity index is 562. The van der Waals surface area contributed by atoms with Crippen LogP contribution in [-0.2, 0) is 13.2 Å². The lowest BCUT2D eigenvalue weighted by atomic mass is 10.4. The number of aromatic amines is 1. The molecule has 2 aromatic heterocycles. The average Bonchev–Trinajstić information content (AvgIpc) is 2.73. The third-order valence-corrected chi connectivity index (χ3v) is 3.10. The Morgan fingerprint density at radius 3 is 2.78 bits per heavy atom. The van der Waals surface area contributed by atoms with Crippen molar-refractivity contribution in [2.24, 2.45) is 0 Å². The lowest BCUT2D eigenvalue weighted by Gasteiger charge is -2.02. The van der Waals surface area contributed by atoms with E-state index in [1.54, 1.807) is 17.0 Å². The molecule has 0 aromatic carbocycles. The Morgan fingerprint density at radius 1 is 1.44 bits per heavy atom. The molecule has 2 N–H and O–H groups in total. The smallest absolute Gasteiger partial charge is 0.343 e. The molecule has 0 spiro atoms. The van der Waals surface area contributed by atoms with E-state index in [0.717, 1.165) is 6.42 Å². The predicted molar refractivity (Wildman–Crippen MR) is 65.2 cm³/mol. The Kier molecular flexibility index (Phi) is 4.11. The maximum atomic E-state index is 11.5. The van der Waals surface area contributed by atoms with Crippen LogP contribution in [-0.4, -0.2) is 29.8 Å². The van der Waals surface area contributed by atoms with Gasteiger partial charge >= 0.3 is 5.69 Å². The molecule has 2 aromatic rings. The van der Waals surface area contributed by atoms with Crippen molar-refractivity contribution < 1.29 is 5.11 Å². The molecule has 0 aliphatic rings. The van der Waals surface area contributed by atoms with Gasteiger partial charge in [0.2, 0.25) is 0 Å². The summed E-state index contributed by atoms with van der Waals surface area (Å²) in [7, 11) is 0. The molecule has 2 heterocycles. The van der Waals surface area contributed by atoms with Crippen LogP contribution >= 0.6 is 11.8 Å². The van der Waals surface area contributed by atoms with E-state index in [2.05, 4.69) is 20.2 Å². The molecule has 0 fully saturated rings. The number of nitrogens with one attached hydrogen (secondary N) is 1. The molecule has 0 saturated carbocycles. The van der Waals surface area contributed by atoms with Crippen LogP contribution in [0.3, 0.4) is 0 Å². The molecule has 8 heteroatoms. The van der Waals surface area contributed by atoms with Crippen molar-refractivity contribution in [2.45, 2.75) is 36.8 Å². The maximum Gasteiger partial charge on any atom is 0.343 e. The highest BCUT2D eigenvalue weighted by Crippen LogP contribution is 2.20. The maximum absolute atomic E-state index is 11.5. The third-order valence-electron chi connectivity index (χ3n) is 2.22. The largest absolute Gasteiger partial charge is 0.392 e. The minimum Gasteiger partial charge on any atom is -0.392 e. The molecule has 7 nitrogen and oxygen atoms in total. The van der Waals surface area contributed by atoms with Crippen LogP contribution in [0, 0.1) is 0 Å². The highest BCUT2D eigenvalue weighted by molar-refractivity contribution is 7.99. The summed E-state index contributed by atoms with van der Waals surface area (Å²) in [6, 6.07) is 0. The first kappa shape index (κ1) is 12.8. The molecule has 0 aliphatic carbocycles. The van der Waals surface area contributed by atoms with Gasteiger partial charge < -0.3 is 5.11 Å². The molecule has 0 aliphatic heterocycles. The first-order valence-corrected chi connectivity index (χ1v) is 6.31. The van der Waals surface area contributed by atoms with Crippen molar-refractivity contribution in [3.8, 4) is 0 Å². The molecular weight excluding hydrogens is 254 g/mol. The van der Waals surface area contributed by atoms with Crippen LogP contribution in [0.5, 0.6) is 0 Å². The Morgan fingerprint density at radius 2 is 2.17 bits per heavy atom. The summed E-state index contributed by atoms with van der Waals surface area (Å²) in [4.78, 5) is 19.6. The number of aliphatic hydroxyl groups is 1. The first-order chi connectivity index (χ1) is 8.74. The third kappa shape index (κ3) is 2.77. The normalized spacial score (nSPS) is 10.8. The lowest BCUT2D eigenvalue weighted by Crippen LogP contribution is -2.17. The van der Waals surface area contributed by atoms with Gasteiger partial charge in [0.25, 0.3) is 0 Å². The predicted octanol–water partition coefficient (Wildman–Crippen LogP) is 0.415. The Labute approximate surface area is 107 Å². The standard InChI is InChI=1S/C10H13N5O2S/c1-2-3-15-9(17)13-14-10(15)18-8-11-4-7(6-16)5-12-8/h4-5,16H,2-3,6H2,1H3,(H,13,17). The van der Waals surface area contributed by atoms with Gasteiger partial charge in [0.15, 0.2) is 10.3 Å². The number of H-pyrrole nitrogens is 1. The Balaban J connectivity index is 2.20. The molecule has 0 saturated heterocycles. The number of hydrogen-bond donors (Lipinski definition) is 2. The van der Waals surface area contributed by atoms with Crippen LogP contribution in [0.15, 0.2) is 27.5 Å². The first-order valence-electron chi connectivity index (χ1n) is 5.49. The summed E-state index contributed by atoms with van der Waals surface area (Å²) < 4.78 is 1.55. The highest BCUT2D eigenvalue weighted by atomic mass is 32.2. The van der Waals surface area contributed by atoms with Gasteiger partial charge in [-0.25, -0.2) is 19.9 Å².